The van der Waals surface area contributed by atoms with Crippen molar-refractivity contribution in [2.24, 2.45) is 11.8 Å². The van der Waals surface area contributed by atoms with E-state index in [0.717, 1.165) is 12.0 Å². The summed E-state index contributed by atoms with van der Waals surface area (Å²) in [6, 6.07) is 9.24. The standard InChI is InChI=1S/C28H35N3O4S/c1-2-14-29-15-8-12-21-22(25(29)33)23-26(34)31(17-6-7-18-32)24-27(35)30(16-9-13-28(23,24)36-21)19-20-10-4-3-5-11-20/h3-5,8-13,21-24,32H,2,6-7,14-19H2,1H3/t21-,22+,23+,24?,28+/m1/s1. The molecule has 5 atom stereocenters. The van der Waals surface area contributed by atoms with Gasteiger partial charge in [-0.3, -0.25) is 14.4 Å². The smallest absolute Gasteiger partial charge is 0.247 e. The number of rotatable bonds is 8. The van der Waals surface area contributed by atoms with Crippen LogP contribution >= 0.6 is 11.8 Å². The molecule has 0 aliphatic carbocycles. The minimum absolute atomic E-state index is 0.0248. The fraction of sp³-hybridized carbons (Fsp3) is 0.536. The van der Waals surface area contributed by atoms with Crippen LogP contribution in [0.25, 0.3) is 0 Å². The van der Waals surface area contributed by atoms with Crippen molar-refractivity contribution in [2.45, 2.75) is 48.8 Å². The van der Waals surface area contributed by atoms with Gasteiger partial charge in [0.1, 0.15) is 6.04 Å². The SMILES string of the molecule is CCCN1CC=C[C@H]2S[C@]34C=CCN(Cc5ccccc5)C(=O)C3N(CCCCO)C(=O)[C@@H]4[C@H]2C1=O. The summed E-state index contributed by atoms with van der Waals surface area (Å²) in [5.41, 5.74) is 1.04. The largest absolute Gasteiger partial charge is 0.396 e. The van der Waals surface area contributed by atoms with E-state index in [2.05, 4.69) is 19.1 Å². The maximum Gasteiger partial charge on any atom is 0.247 e. The van der Waals surface area contributed by atoms with E-state index in [4.69, 9.17) is 0 Å². The van der Waals surface area contributed by atoms with Gasteiger partial charge in [-0.15, -0.1) is 11.8 Å². The lowest BCUT2D eigenvalue weighted by Crippen LogP contribution is -2.53. The molecule has 4 aliphatic heterocycles. The molecule has 0 bridgehead atoms. The molecule has 5 rings (SSSR count). The number of unbranched alkanes of at least 4 members (excludes halogenated alkanes) is 1. The third-order valence-electron chi connectivity index (χ3n) is 7.84. The average Bonchev–Trinajstić information content (AvgIpc) is 3.20. The van der Waals surface area contributed by atoms with Crippen LogP contribution in [-0.4, -0.2) is 86.4 Å². The van der Waals surface area contributed by atoms with Gasteiger partial charge in [0.2, 0.25) is 17.7 Å². The van der Waals surface area contributed by atoms with Gasteiger partial charge in [0.15, 0.2) is 0 Å². The lowest BCUT2D eigenvalue weighted by atomic mass is 9.78. The summed E-state index contributed by atoms with van der Waals surface area (Å²) < 4.78 is -0.774. The molecule has 0 radical (unpaired) electrons. The molecule has 2 saturated heterocycles. The van der Waals surface area contributed by atoms with Crippen LogP contribution in [0.4, 0.5) is 0 Å². The van der Waals surface area contributed by atoms with Gasteiger partial charge in [0.05, 0.1) is 16.6 Å². The third kappa shape index (κ3) is 4.18. The van der Waals surface area contributed by atoms with E-state index < -0.39 is 22.6 Å². The molecular formula is C28H35N3O4S. The summed E-state index contributed by atoms with van der Waals surface area (Å²) in [5.74, 6) is -1.18. The predicted octanol–water partition coefficient (Wildman–Crippen LogP) is 2.46. The lowest BCUT2D eigenvalue weighted by molar-refractivity contribution is -0.144. The van der Waals surface area contributed by atoms with E-state index in [1.807, 2.05) is 52.3 Å². The maximum absolute atomic E-state index is 14.2. The number of hydrogen-bond acceptors (Lipinski definition) is 5. The normalized spacial score (nSPS) is 31.4. The molecule has 1 spiro atoms. The summed E-state index contributed by atoms with van der Waals surface area (Å²) in [4.78, 5) is 47.5. The summed E-state index contributed by atoms with van der Waals surface area (Å²) in [7, 11) is 0. The van der Waals surface area contributed by atoms with Gasteiger partial charge in [-0.2, -0.15) is 0 Å². The molecule has 0 saturated carbocycles. The average molecular weight is 510 g/mol. The molecule has 1 unspecified atom stereocenters. The molecule has 4 aliphatic rings. The number of thioether (sulfide) groups is 1. The molecular weight excluding hydrogens is 474 g/mol. The zero-order valence-corrected chi connectivity index (χ0v) is 21.6. The van der Waals surface area contributed by atoms with E-state index in [1.54, 1.807) is 16.7 Å². The topological polar surface area (TPSA) is 81.2 Å². The van der Waals surface area contributed by atoms with Crippen LogP contribution in [0, 0.1) is 11.8 Å². The predicted molar refractivity (Wildman–Crippen MR) is 140 cm³/mol. The van der Waals surface area contributed by atoms with Crippen molar-refractivity contribution < 1.29 is 19.5 Å². The highest BCUT2D eigenvalue weighted by atomic mass is 32.2. The minimum atomic E-state index is -0.774. The number of nitrogens with zero attached hydrogens (tertiary/aromatic N) is 3. The summed E-state index contributed by atoms with van der Waals surface area (Å²) in [6.07, 6.45) is 10.3. The van der Waals surface area contributed by atoms with Gasteiger partial charge < -0.3 is 19.8 Å². The van der Waals surface area contributed by atoms with Crippen molar-refractivity contribution >= 4 is 29.5 Å². The fourth-order valence-electron chi connectivity index (χ4n) is 6.29. The van der Waals surface area contributed by atoms with Crippen LogP contribution in [0.1, 0.15) is 31.7 Å². The Labute approximate surface area is 217 Å². The molecule has 1 aromatic rings. The second-order valence-electron chi connectivity index (χ2n) is 10.1. The summed E-state index contributed by atoms with van der Waals surface area (Å²) >= 11 is 1.63. The molecule has 3 amide bonds. The van der Waals surface area contributed by atoms with Gasteiger partial charge in [-0.25, -0.2) is 0 Å². The monoisotopic (exact) mass is 509 g/mol. The van der Waals surface area contributed by atoms with Crippen LogP contribution < -0.4 is 0 Å². The van der Waals surface area contributed by atoms with Crippen molar-refractivity contribution in [3.05, 3.63) is 60.2 Å². The fourth-order valence-corrected chi connectivity index (χ4v) is 8.29. The molecule has 36 heavy (non-hydrogen) atoms. The van der Waals surface area contributed by atoms with Gasteiger partial charge >= 0.3 is 0 Å². The Balaban J connectivity index is 1.53. The first kappa shape index (κ1) is 25.1. The Morgan fingerprint density at radius 1 is 0.972 bits per heavy atom. The molecule has 192 valence electrons. The van der Waals surface area contributed by atoms with Crippen LogP contribution in [0.2, 0.25) is 0 Å². The number of aliphatic hydroxyl groups is 1. The van der Waals surface area contributed by atoms with Crippen molar-refractivity contribution in [3.63, 3.8) is 0 Å². The molecule has 7 nitrogen and oxygen atoms in total. The Morgan fingerprint density at radius 2 is 1.75 bits per heavy atom. The van der Waals surface area contributed by atoms with Crippen molar-refractivity contribution in [1.82, 2.24) is 14.7 Å². The second-order valence-corrected chi connectivity index (χ2v) is 11.6. The van der Waals surface area contributed by atoms with Gasteiger partial charge in [-0.1, -0.05) is 61.6 Å². The Kier molecular flexibility index (Phi) is 7.26. The van der Waals surface area contributed by atoms with Crippen LogP contribution in [0.3, 0.4) is 0 Å². The molecule has 1 aromatic carbocycles. The summed E-state index contributed by atoms with van der Waals surface area (Å²) in [5, 5.41) is 9.22. The van der Waals surface area contributed by atoms with Gasteiger partial charge in [-0.05, 0) is 24.8 Å². The van der Waals surface area contributed by atoms with E-state index in [9.17, 15) is 19.5 Å². The van der Waals surface area contributed by atoms with E-state index in [0.29, 0.717) is 45.6 Å². The van der Waals surface area contributed by atoms with E-state index in [-0.39, 0.29) is 29.6 Å². The number of likely N-dealkylation sites (tertiary alicyclic amines) is 1. The van der Waals surface area contributed by atoms with Gasteiger partial charge in [0, 0.05) is 44.6 Å². The molecule has 8 heteroatoms. The zero-order chi connectivity index (χ0) is 25.3. The van der Waals surface area contributed by atoms with Crippen LogP contribution in [-0.2, 0) is 20.9 Å². The van der Waals surface area contributed by atoms with Crippen LogP contribution in [0.15, 0.2) is 54.6 Å². The Morgan fingerprint density at radius 3 is 2.50 bits per heavy atom. The van der Waals surface area contributed by atoms with E-state index in [1.165, 1.54) is 0 Å². The highest BCUT2D eigenvalue weighted by molar-refractivity contribution is 8.02. The number of aliphatic hydroxyl groups excluding tert-OH is 1. The number of benzene rings is 1. The molecule has 2 fully saturated rings. The Hall–Kier alpha value is -2.58. The number of fused-ring (bicyclic) bond motifs is 2. The Bertz CT molecular complexity index is 1060. The first-order chi connectivity index (χ1) is 17.5. The highest BCUT2D eigenvalue weighted by Gasteiger charge is 2.70. The molecule has 1 N–H and O–H groups in total. The quantitative estimate of drug-likeness (QED) is 0.430. The molecule has 4 heterocycles. The highest BCUT2D eigenvalue weighted by Crippen LogP contribution is 2.61. The number of carbonyl (C=O) groups excluding carboxylic acids is 3. The van der Waals surface area contributed by atoms with Crippen LogP contribution in [0.5, 0.6) is 0 Å². The summed E-state index contributed by atoms with van der Waals surface area (Å²) in [6.45, 7) is 4.68. The first-order valence-corrected chi connectivity index (χ1v) is 13.9. The van der Waals surface area contributed by atoms with Gasteiger partial charge in [0.25, 0.3) is 0 Å². The zero-order valence-electron chi connectivity index (χ0n) is 20.8. The second kappa shape index (κ2) is 10.4. The lowest BCUT2D eigenvalue weighted by Gasteiger charge is -2.35. The first-order valence-electron chi connectivity index (χ1n) is 13.1. The number of amides is 3. The number of carbonyl (C=O) groups is 3. The van der Waals surface area contributed by atoms with Crippen molar-refractivity contribution in [3.8, 4) is 0 Å². The van der Waals surface area contributed by atoms with E-state index >= 15 is 0 Å². The number of hydrogen-bond donors (Lipinski definition) is 1. The van der Waals surface area contributed by atoms with Crippen molar-refractivity contribution in [1.29, 1.82) is 0 Å². The van der Waals surface area contributed by atoms with Crippen molar-refractivity contribution in [2.75, 3.05) is 32.8 Å². The maximum atomic E-state index is 14.2. The third-order valence-corrected chi connectivity index (χ3v) is 9.59. The molecule has 0 aromatic heterocycles. The minimum Gasteiger partial charge on any atom is -0.396 e.